The molecular weight excluding hydrogens is 284 g/mol. The van der Waals surface area contributed by atoms with Crippen LogP contribution in [0.3, 0.4) is 0 Å². The molecule has 1 saturated carbocycles. The van der Waals surface area contributed by atoms with E-state index in [-0.39, 0.29) is 6.04 Å². The Bertz CT molecular complexity index is 447. The number of rotatable bonds is 5. The molecule has 0 aromatic carbocycles. The van der Waals surface area contributed by atoms with Crippen LogP contribution in [0.4, 0.5) is 0 Å². The van der Waals surface area contributed by atoms with Gasteiger partial charge in [-0.3, -0.25) is 4.90 Å². The Morgan fingerprint density at radius 2 is 2.05 bits per heavy atom. The molecule has 2 rings (SSSR count). The van der Waals surface area contributed by atoms with Crippen molar-refractivity contribution in [2.45, 2.75) is 59.0 Å². The normalized spacial score (nSPS) is 35.9. The van der Waals surface area contributed by atoms with E-state index >= 15 is 0 Å². The summed E-state index contributed by atoms with van der Waals surface area (Å²) in [6.07, 6.45) is 3.68. The molecule has 1 aliphatic carbocycles. The van der Waals surface area contributed by atoms with Gasteiger partial charge in [0.05, 0.1) is 11.5 Å². The van der Waals surface area contributed by atoms with Gasteiger partial charge in [0.2, 0.25) is 0 Å². The first-order valence-corrected chi connectivity index (χ1v) is 10.2. The van der Waals surface area contributed by atoms with E-state index in [0.29, 0.717) is 35.4 Å². The van der Waals surface area contributed by atoms with E-state index in [2.05, 4.69) is 37.9 Å². The molecule has 1 aliphatic heterocycles. The summed E-state index contributed by atoms with van der Waals surface area (Å²) >= 11 is 0. The van der Waals surface area contributed by atoms with Gasteiger partial charge >= 0.3 is 0 Å². The van der Waals surface area contributed by atoms with Crippen molar-refractivity contribution in [3.63, 3.8) is 0 Å². The second kappa shape index (κ2) is 6.55. The molecule has 0 amide bonds. The minimum Gasteiger partial charge on any atom is -0.313 e. The highest BCUT2D eigenvalue weighted by atomic mass is 32.2. The minimum absolute atomic E-state index is 0.166. The summed E-state index contributed by atoms with van der Waals surface area (Å²) in [4.78, 5) is 2.40. The van der Waals surface area contributed by atoms with Crippen molar-refractivity contribution < 1.29 is 8.42 Å². The number of sulfone groups is 1. The highest BCUT2D eigenvalue weighted by Crippen LogP contribution is 2.42. The van der Waals surface area contributed by atoms with Gasteiger partial charge in [0.1, 0.15) is 0 Å². The zero-order chi connectivity index (χ0) is 15.7. The van der Waals surface area contributed by atoms with Crippen LogP contribution in [0.1, 0.15) is 47.0 Å². The van der Waals surface area contributed by atoms with Gasteiger partial charge in [0, 0.05) is 25.2 Å². The van der Waals surface area contributed by atoms with Crippen molar-refractivity contribution in [1.29, 1.82) is 0 Å². The van der Waals surface area contributed by atoms with Crippen LogP contribution >= 0.6 is 0 Å². The number of hydrogen-bond acceptors (Lipinski definition) is 4. The molecule has 21 heavy (non-hydrogen) atoms. The molecule has 4 nitrogen and oxygen atoms in total. The number of nitrogens with zero attached hydrogens (tertiary/aromatic N) is 1. The highest BCUT2D eigenvalue weighted by Gasteiger charge is 2.42. The Morgan fingerprint density at radius 1 is 1.33 bits per heavy atom. The standard InChI is InChI=1S/C16H32N2O2S/c1-5-8-17-15-14(6-7-16(15,3)4)11-18-9-10-21(19,20)12-13(18)2/h13-15,17H,5-12H2,1-4H3. The molecule has 2 fully saturated rings. The maximum atomic E-state index is 11.7. The van der Waals surface area contributed by atoms with Gasteiger partial charge in [-0.25, -0.2) is 8.42 Å². The van der Waals surface area contributed by atoms with Gasteiger partial charge in [-0.05, 0) is 44.1 Å². The molecule has 1 saturated heterocycles. The second-order valence-corrected chi connectivity index (χ2v) is 9.91. The van der Waals surface area contributed by atoms with Crippen molar-refractivity contribution in [3.8, 4) is 0 Å². The Kier molecular flexibility index (Phi) is 5.37. The molecule has 3 atom stereocenters. The summed E-state index contributed by atoms with van der Waals surface area (Å²) in [6, 6.07) is 0.725. The van der Waals surface area contributed by atoms with Crippen molar-refractivity contribution in [2.24, 2.45) is 11.3 Å². The van der Waals surface area contributed by atoms with Crippen LogP contribution in [0.15, 0.2) is 0 Å². The van der Waals surface area contributed by atoms with Crippen molar-refractivity contribution in [1.82, 2.24) is 10.2 Å². The van der Waals surface area contributed by atoms with Crippen LogP contribution in [0.25, 0.3) is 0 Å². The molecule has 0 radical (unpaired) electrons. The fourth-order valence-corrected chi connectivity index (χ4v) is 5.69. The topological polar surface area (TPSA) is 49.4 Å². The summed E-state index contributed by atoms with van der Waals surface area (Å²) < 4.78 is 23.4. The quantitative estimate of drug-likeness (QED) is 0.842. The van der Waals surface area contributed by atoms with Gasteiger partial charge in [-0.15, -0.1) is 0 Å². The molecule has 124 valence electrons. The van der Waals surface area contributed by atoms with Crippen LogP contribution < -0.4 is 5.32 Å². The largest absolute Gasteiger partial charge is 0.313 e. The smallest absolute Gasteiger partial charge is 0.153 e. The minimum atomic E-state index is -2.81. The Balaban J connectivity index is 1.98. The van der Waals surface area contributed by atoms with Crippen LogP contribution in [0.5, 0.6) is 0 Å². The van der Waals surface area contributed by atoms with E-state index in [1.54, 1.807) is 0 Å². The first-order valence-electron chi connectivity index (χ1n) is 8.43. The average molecular weight is 317 g/mol. The van der Waals surface area contributed by atoms with Crippen molar-refractivity contribution >= 4 is 9.84 Å². The van der Waals surface area contributed by atoms with E-state index in [9.17, 15) is 8.42 Å². The molecule has 1 heterocycles. The van der Waals surface area contributed by atoms with Crippen LogP contribution in [-0.4, -0.2) is 56.5 Å². The summed E-state index contributed by atoms with van der Waals surface area (Å²) in [5.74, 6) is 1.31. The average Bonchev–Trinajstić information content (AvgIpc) is 2.65. The van der Waals surface area contributed by atoms with Gasteiger partial charge in [0.15, 0.2) is 9.84 Å². The predicted molar refractivity (Wildman–Crippen MR) is 88.3 cm³/mol. The third kappa shape index (κ3) is 4.20. The zero-order valence-electron chi connectivity index (χ0n) is 14.1. The Morgan fingerprint density at radius 3 is 2.67 bits per heavy atom. The fraction of sp³-hybridized carbons (Fsp3) is 1.00. The van der Waals surface area contributed by atoms with Gasteiger partial charge in [0.25, 0.3) is 0 Å². The first kappa shape index (κ1) is 17.2. The SMILES string of the molecule is CCCNC1C(CN2CCS(=O)(=O)CC2C)CCC1(C)C. The molecule has 5 heteroatoms. The van der Waals surface area contributed by atoms with Gasteiger partial charge < -0.3 is 5.32 Å². The Labute approximate surface area is 130 Å². The summed E-state index contributed by atoms with van der Waals surface area (Å²) in [5.41, 5.74) is 0.352. The first-order chi connectivity index (χ1) is 9.75. The highest BCUT2D eigenvalue weighted by molar-refractivity contribution is 7.91. The molecule has 0 aromatic rings. The number of hydrogen-bond donors (Lipinski definition) is 1. The van der Waals surface area contributed by atoms with Crippen LogP contribution in [0, 0.1) is 11.3 Å². The molecule has 3 unspecified atom stereocenters. The Hall–Kier alpha value is -0.130. The third-order valence-corrected chi connectivity index (χ3v) is 7.16. The summed E-state index contributed by atoms with van der Waals surface area (Å²) in [6.45, 7) is 11.8. The third-order valence-electron chi connectivity index (χ3n) is 5.36. The molecule has 2 aliphatic rings. The second-order valence-electron chi connectivity index (χ2n) is 7.68. The lowest BCUT2D eigenvalue weighted by Gasteiger charge is -2.38. The van der Waals surface area contributed by atoms with Crippen LogP contribution in [0.2, 0.25) is 0 Å². The maximum absolute atomic E-state index is 11.7. The summed E-state index contributed by atoms with van der Waals surface area (Å²) in [7, 11) is -2.81. The van der Waals surface area contributed by atoms with Gasteiger partial charge in [-0.2, -0.15) is 0 Å². The molecule has 1 N–H and O–H groups in total. The van der Waals surface area contributed by atoms with E-state index in [4.69, 9.17) is 0 Å². The fourth-order valence-electron chi connectivity index (χ4n) is 4.06. The summed E-state index contributed by atoms with van der Waals surface area (Å²) in [5, 5.41) is 3.75. The van der Waals surface area contributed by atoms with E-state index < -0.39 is 9.84 Å². The van der Waals surface area contributed by atoms with Crippen LogP contribution in [-0.2, 0) is 9.84 Å². The molecule has 0 bridgehead atoms. The van der Waals surface area contributed by atoms with E-state index in [1.165, 1.54) is 12.8 Å². The van der Waals surface area contributed by atoms with Gasteiger partial charge in [-0.1, -0.05) is 20.8 Å². The van der Waals surface area contributed by atoms with Crippen molar-refractivity contribution in [2.75, 3.05) is 31.1 Å². The molecular formula is C16H32N2O2S. The van der Waals surface area contributed by atoms with Crippen molar-refractivity contribution in [3.05, 3.63) is 0 Å². The maximum Gasteiger partial charge on any atom is 0.153 e. The predicted octanol–water partition coefficient (Wildman–Crippen LogP) is 1.91. The molecule has 0 spiro atoms. The lowest BCUT2D eigenvalue weighted by atomic mass is 9.84. The zero-order valence-corrected chi connectivity index (χ0v) is 14.9. The molecule has 0 aromatic heterocycles. The van der Waals surface area contributed by atoms with E-state index in [0.717, 1.165) is 19.5 Å². The lowest BCUT2D eigenvalue weighted by Crippen LogP contribution is -2.52. The monoisotopic (exact) mass is 316 g/mol. The lowest BCUT2D eigenvalue weighted by molar-refractivity contribution is 0.159. The number of nitrogens with one attached hydrogen (secondary N) is 1. The van der Waals surface area contributed by atoms with E-state index in [1.807, 2.05) is 0 Å².